The van der Waals surface area contributed by atoms with E-state index in [1.165, 1.54) is 5.56 Å². The van der Waals surface area contributed by atoms with Crippen molar-refractivity contribution in [1.29, 1.82) is 0 Å². The van der Waals surface area contributed by atoms with Gasteiger partial charge in [0.1, 0.15) is 11.5 Å². The van der Waals surface area contributed by atoms with Crippen molar-refractivity contribution in [2.45, 2.75) is 31.8 Å². The van der Waals surface area contributed by atoms with E-state index in [9.17, 15) is 4.79 Å². The van der Waals surface area contributed by atoms with E-state index in [0.29, 0.717) is 18.3 Å². The number of anilines is 1. The standard InChI is InChI=1S/C27H27N5O2/c33-27(30-18-20-7-4-12-28-24(20)15-19-5-2-1-3-6-19)23-9-8-21-17-29-26(16-25(21)32-23)31-22-10-13-34-14-11-22/h1-9,12,16-17,22H,10-11,13-15,18H2,(H,29,31)(H,30,33). The first kappa shape index (κ1) is 22.0. The third-order valence-electron chi connectivity index (χ3n) is 6.02. The van der Waals surface area contributed by atoms with E-state index in [1.807, 2.05) is 42.5 Å². The summed E-state index contributed by atoms with van der Waals surface area (Å²) in [6.45, 7) is 1.91. The largest absolute Gasteiger partial charge is 0.381 e. The summed E-state index contributed by atoms with van der Waals surface area (Å²) in [5.74, 6) is 0.553. The van der Waals surface area contributed by atoms with Gasteiger partial charge in [-0.2, -0.15) is 0 Å². The lowest BCUT2D eigenvalue weighted by Crippen LogP contribution is -2.28. The van der Waals surface area contributed by atoms with Crippen LogP contribution in [0, 0.1) is 0 Å². The predicted molar refractivity (Wildman–Crippen MR) is 132 cm³/mol. The second kappa shape index (κ2) is 10.4. The lowest BCUT2D eigenvalue weighted by Gasteiger charge is -2.23. The van der Waals surface area contributed by atoms with Gasteiger partial charge in [-0.25, -0.2) is 9.97 Å². The van der Waals surface area contributed by atoms with Crippen LogP contribution < -0.4 is 10.6 Å². The normalized spacial score (nSPS) is 14.1. The number of benzene rings is 1. The molecule has 0 bridgehead atoms. The number of pyridine rings is 3. The molecular weight excluding hydrogens is 426 g/mol. The number of amides is 1. The van der Waals surface area contributed by atoms with E-state index in [4.69, 9.17) is 4.74 Å². The summed E-state index contributed by atoms with van der Waals surface area (Å²) in [6.07, 6.45) is 6.20. The molecular formula is C27H27N5O2. The number of carbonyl (C=O) groups excluding carboxylic acids is 1. The topological polar surface area (TPSA) is 89.0 Å². The van der Waals surface area contributed by atoms with Gasteiger partial charge in [-0.15, -0.1) is 0 Å². The second-order valence-corrected chi connectivity index (χ2v) is 8.44. The van der Waals surface area contributed by atoms with Gasteiger partial charge in [0.15, 0.2) is 0 Å². The molecule has 5 rings (SSSR count). The average molecular weight is 454 g/mol. The molecule has 1 amide bonds. The molecule has 2 N–H and O–H groups in total. The van der Waals surface area contributed by atoms with Gasteiger partial charge in [0, 0.05) is 61.8 Å². The lowest BCUT2D eigenvalue weighted by atomic mass is 10.1. The highest BCUT2D eigenvalue weighted by atomic mass is 16.5. The summed E-state index contributed by atoms with van der Waals surface area (Å²) in [7, 11) is 0. The Bertz CT molecular complexity index is 1270. The van der Waals surface area contributed by atoms with Crippen molar-refractivity contribution in [2.75, 3.05) is 18.5 Å². The smallest absolute Gasteiger partial charge is 0.270 e. The molecule has 4 aromatic rings. The Morgan fingerprint density at radius 1 is 1.00 bits per heavy atom. The Kier molecular flexibility index (Phi) is 6.72. The predicted octanol–water partition coefficient (Wildman–Crippen LogP) is 4.14. The van der Waals surface area contributed by atoms with Crippen molar-refractivity contribution in [3.63, 3.8) is 0 Å². The van der Waals surface area contributed by atoms with Crippen molar-refractivity contribution >= 4 is 22.6 Å². The third kappa shape index (κ3) is 5.38. The molecule has 0 aliphatic carbocycles. The summed E-state index contributed by atoms with van der Waals surface area (Å²) in [6, 6.07) is 20.0. The number of hydrogen-bond donors (Lipinski definition) is 2. The first-order valence-corrected chi connectivity index (χ1v) is 11.6. The average Bonchev–Trinajstić information content (AvgIpc) is 2.89. The van der Waals surface area contributed by atoms with Gasteiger partial charge >= 0.3 is 0 Å². The van der Waals surface area contributed by atoms with Crippen molar-refractivity contribution < 1.29 is 9.53 Å². The summed E-state index contributed by atoms with van der Waals surface area (Å²) in [4.78, 5) is 26.5. The number of nitrogens with zero attached hydrogens (tertiary/aromatic N) is 3. The van der Waals surface area contributed by atoms with Crippen molar-refractivity contribution in [1.82, 2.24) is 20.3 Å². The molecule has 172 valence electrons. The molecule has 7 nitrogen and oxygen atoms in total. The number of hydrogen-bond acceptors (Lipinski definition) is 6. The maximum Gasteiger partial charge on any atom is 0.270 e. The van der Waals surface area contributed by atoms with Gasteiger partial charge < -0.3 is 15.4 Å². The van der Waals surface area contributed by atoms with Crippen LogP contribution in [-0.4, -0.2) is 40.1 Å². The van der Waals surface area contributed by atoms with Crippen LogP contribution in [0.1, 0.15) is 40.2 Å². The van der Waals surface area contributed by atoms with Gasteiger partial charge in [0.25, 0.3) is 5.91 Å². The number of carbonyl (C=O) groups is 1. The van der Waals surface area contributed by atoms with E-state index in [-0.39, 0.29) is 5.91 Å². The fourth-order valence-electron chi connectivity index (χ4n) is 4.12. The zero-order valence-corrected chi connectivity index (χ0v) is 18.9. The fraction of sp³-hybridized carbons (Fsp3) is 0.259. The van der Waals surface area contributed by atoms with Gasteiger partial charge in [-0.05, 0) is 42.2 Å². The van der Waals surface area contributed by atoms with Crippen molar-refractivity contribution in [3.05, 3.63) is 95.6 Å². The van der Waals surface area contributed by atoms with Crippen LogP contribution in [0.4, 0.5) is 5.82 Å². The van der Waals surface area contributed by atoms with Gasteiger partial charge in [-0.3, -0.25) is 9.78 Å². The molecule has 0 spiro atoms. The highest BCUT2D eigenvalue weighted by Crippen LogP contribution is 2.19. The number of fused-ring (bicyclic) bond motifs is 1. The fourth-order valence-corrected chi connectivity index (χ4v) is 4.12. The molecule has 3 aromatic heterocycles. The van der Waals surface area contributed by atoms with Gasteiger partial charge in [-0.1, -0.05) is 36.4 Å². The first-order chi connectivity index (χ1) is 16.7. The zero-order valence-electron chi connectivity index (χ0n) is 18.9. The third-order valence-corrected chi connectivity index (χ3v) is 6.02. The molecule has 0 unspecified atom stereocenters. The molecule has 0 saturated carbocycles. The molecule has 0 radical (unpaired) electrons. The molecule has 4 heterocycles. The van der Waals surface area contributed by atoms with Crippen LogP contribution in [0.25, 0.3) is 10.9 Å². The monoisotopic (exact) mass is 453 g/mol. The molecule has 1 fully saturated rings. The van der Waals surface area contributed by atoms with Crippen LogP contribution in [0.3, 0.4) is 0 Å². The van der Waals surface area contributed by atoms with Crippen molar-refractivity contribution in [2.24, 2.45) is 0 Å². The second-order valence-electron chi connectivity index (χ2n) is 8.44. The van der Waals surface area contributed by atoms with Gasteiger partial charge in [0.2, 0.25) is 0 Å². The molecule has 7 heteroatoms. The van der Waals surface area contributed by atoms with Gasteiger partial charge in [0.05, 0.1) is 5.52 Å². The maximum absolute atomic E-state index is 12.9. The summed E-state index contributed by atoms with van der Waals surface area (Å²) in [5, 5.41) is 7.35. The Hall–Kier alpha value is -3.84. The van der Waals surface area contributed by atoms with Crippen LogP contribution in [0.5, 0.6) is 0 Å². The number of rotatable bonds is 7. The minimum atomic E-state index is -0.216. The Morgan fingerprint density at radius 3 is 2.71 bits per heavy atom. The number of ether oxygens (including phenoxy) is 1. The highest BCUT2D eigenvalue weighted by molar-refractivity contribution is 5.95. The van der Waals surface area contributed by atoms with Crippen LogP contribution in [0.15, 0.2) is 73.1 Å². The van der Waals surface area contributed by atoms with Crippen molar-refractivity contribution in [3.8, 4) is 0 Å². The Morgan fingerprint density at radius 2 is 1.85 bits per heavy atom. The van der Waals surface area contributed by atoms with E-state index in [1.54, 1.807) is 18.5 Å². The Balaban J connectivity index is 1.27. The summed E-state index contributed by atoms with van der Waals surface area (Å²) < 4.78 is 5.42. The van der Waals surface area contributed by atoms with Crippen LogP contribution >= 0.6 is 0 Å². The minimum absolute atomic E-state index is 0.216. The number of aromatic nitrogens is 3. The molecule has 34 heavy (non-hydrogen) atoms. The Labute approximate surface area is 198 Å². The number of nitrogens with one attached hydrogen (secondary N) is 2. The SMILES string of the molecule is O=C(NCc1cccnc1Cc1ccccc1)c1ccc2cnc(NC3CCOCC3)cc2n1. The maximum atomic E-state index is 12.9. The van der Waals surface area contributed by atoms with E-state index in [2.05, 4.69) is 37.7 Å². The molecule has 1 aliphatic rings. The van der Waals surface area contributed by atoms with Crippen LogP contribution in [-0.2, 0) is 17.7 Å². The first-order valence-electron chi connectivity index (χ1n) is 11.6. The minimum Gasteiger partial charge on any atom is -0.381 e. The molecule has 1 saturated heterocycles. The van der Waals surface area contributed by atoms with Crippen LogP contribution in [0.2, 0.25) is 0 Å². The molecule has 1 aromatic carbocycles. The summed E-state index contributed by atoms with van der Waals surface area (Å²) in [5.41, 5.74) is 4.25. The van der Waals surface area contributed by atoms with E-state index >= 15 is 0 Å². The summed E-state index contributed by atoms with van der Waals surface area (Å²) >= 11 is 0. The quantitative estimate of drug-likeness (QED) is 0.437. The molecule has 0 atom stereocenters. The van der Waals surface area contributed by atoms with E-state index < -0.39 is 0 Å². The lowest BCUT2D eigenvalue weighted by molar-refractivity contribution is 0.0903. The highest BCUT2D eigenvalue weighted by Gasteiger charge is 2.15. The zero-order chi connectivity index (χ0) is 23.2. The van der Waals surface area contributed by atoms with E-state index in [0.717, 1.165) is 60.5 Å². The molecule has 1 aliphatic heterocycles.